The van der Waals surface area contributed by atoms with E-state index in [9.17, 15) is 31.5 Å². The molecule has 0 unspecified atom stereocenters. The molecular weight excluding hydrogens is 1030 g/mol. The van der Waals surface area contributed by atoms with Crippen molar-refractivity contribution in [2.75, 3.05) is 23.2 Å². The van der Waals surface area contributed by atoms with E-state index in [2.05, 4.69) is 38.4 Å². The van der Waals surface area contributed by atoms with Gasteiger partial charge in [-0.1, -0.05) is 36.4 Å². The summed E-state index contributed by atoms with van der Waals surface area (Å²) in [5.41, 5.74) is 3.66. The number of ether oxygens (including phenoxy) is 2. The molecule has 11 aromatic rings. The molecule has 0 radical (unpaired) electrons. The van der Waals surface area contributed by atoms with Gasteiger partial charge in [0.05, 0.1) is 53.7 Å². The lowest BCUT2D eigenvalue weighted by Crippen LogP contribution is -2.30. The molecule has 74 heavy (non-hydrogen) atoms. The summed E-state index contributed by atoms with van der Waals surface area (Å²) in [7, 11) is -4.95. The van der Waals surface area contributed by atoms with Crippen LogP contribution in [0.3, 0.4) is 0 Å². The molecule has 0 saturated carbocycles. The monoisotopic (exact) mass is 1070 g/mol. The molecule has 0 aliphatic heterocycles. The fraction of sp³-hybridized carbons (Fsp3) is 0.143. The Kier molecular flexibility index (Phi) is 14.6. The van der Waals surface area contributed by atoms with E-state index >= 15 is 0 Å². The number of H-pyrrole nitrogens is 1. The number of oxazole rings is 2. The zero-order valence-electron chi connectivity index (χ0n) is 39.4. The van der Waals surface area contributed by atoms with Crippen LogP contribution in [0.1, 0.15) is 42.7 Å². The largest absolute Gasteiger partial charge is 0.497 e. The van der Waals surface area contributed by atoms with E-state index in [0.717, 1.165) is 60.0 Å². The van der Waals surface area contributed by atoms with Gasteiger partial charge < -0.3 is 23.4 Å². The van der Waals surface area contributed by atoms with Gasteiger partial charge in [0.1, 0.15) is 24.2 Å². The van der Waals surface area contributed by atoms with E-state index in [4.69, 9.17) is 18.3 Å². The molecule has 5 aromatic carbocycles. The zero-order chi connectivity index (χ0) is 52.1. The SMILES string of the molecule is COc1ccc(CN(c2ncns2)S(=O)(=O)c2ccc3[nH]c(=O)oc3c2)c(OC)c1.C[C@H](O)c1cccc2ccncc12.C[C@H](c1cccc2ccncc12)n1c(=O)oc2cc(S(=O)(=O)Nc3ncns3)ccc21. The molecule has 25 heteroatoms. The molecule has 0 spiro atoms. The fourth-order valence-corrected chi connectivity index (χ4v) is 11.8. The van der Waals surface area contributed by atoms with Crippen molar-refractivity contribution in [2.24, 2.45) is 0 Å². The Morgan fingerprint density at radius 3 is 2.09 bits per heavy atom. The number of nitrogens with zero attached hydrogens (tertiary/aromatic N) is 8. The van der Waals surface area contributed by atoms with Gasteiger partial charge in [-0.25, -0.2) is 40.7 Å². The number of anilines is 2. The van der Waals surface area contributed by atoms with Crippen molar-refractivity contribution in [1.29, 1.82) is 0 Å². The van der Waals surface area contributed by atoms with E-state index in [1.807, 2.05) is 55.5 Å². The maximum absolute atomic E-state index is 13.5. The lowest BCUT2D eigenvalue weighted by atomic mass is 10.0. The number of pyridine rings is 2. The van der Waals surface area contributed by atoms with E-state index in [1.54, 1.807) is 56.0 Å². The Balaban J connectivity index is 0.000000147. The first-order valence-electron chi connectivity index (χ1n) is 22.1. The van der Waals surface area contributed by atoms with Crippen molar-refractivity contribution in [3.8, 4) is 11.5 Å². The van der Waals surface area contributed by atoms with Gasteiger partial charge >= 0.3 is 11.5 Å². The van der Waals surface area contributed by atoms with E-state index in [0.29, 0.717) is 28.1 Å². The molecule has 21 nitrogen and oxygen atoms in total. The van der Waals surface area contributed by atoms with Gasteiger partial charge in [-0.3, -0.25) is 24.2 Å². The van der Waals surface area contributed by atoms with Gasteiger partial charge in [-0.2, -0.15) is 8.75 Å². The number of methoxy groups -OCH3 is 2. The molecule has 6 heterocycles. The van der Waals surface area contributed by atoms with Gasteiger partial charge in [0.2, 0.25) is 10.3 Å². The number of aliphatic hydroxyl groups is 1. The first-order valence-corrected chi connectivity index (χ1v) is 26.5. The van der Waals surface area contributed by atoms with Crippen molar-refractivity contribution in [3.63, 3.8) is 0 Å². The Hall–Kier alpha value is -8.36. The summed E-state index contributed by atoms with van der Waals surface area (Å²) in [6.07, 6.45) is 9.13. The summed E-state index contributed by atoms with van der Waals surface area (Å²) < 4.78 is 85.9. The first-order chi connectivity index (χ1) is 35.6. The highest BCUT2D eigenvalue weighted by molar-refractivity contribution is 7.93. The van der Waals surface area contributed by atoms with Gasteiger partial charge in [0, 0.05) is 82.4 Å². The lowest BCUT2D eigenvalue weighted by Gasteiger charge is -2.22. The minimum absolute atomic E-state index is 0.0434. The third-order valence-electron chi connectivity index (χ3n) is 11.6. The topological polar surface area (TPSA) is 281 Å². The molecular formula is C49H42N10O11S4. The number of sulfonamides is 2. The van der Waals surface area contributed by atoms with Crippen LogP contribution in [0.25, 0.3) is 43.7 Å². The number of hydrogen-bond acceptors (Lipinski definition) is 19. The molecule has 0 bridgehead atoms. The summed E-state index contributed by atoms with van der Waals surface area (Å²) in [6, 6.07) is 28.8. The van der Waals surface area contributed by atoms with E-state index < -0.39 is 37.7 Å². The smallest absolute Gasteiger partial charge is 0.420 e. The van der Waals surface area contributed by atoms with Crippen LogP contribution in [0.4, 0.5) is 10.3 Å². The quantitative estimate of drug-likeness (QED) is 0.0983. The minimum atomic E-state index is -4.07. The molecule has 3 N–H and O–H groups in total. The number of aromatic nitrogens is 8. The average Bonchev–Trinajstić information content (AvgIpc) is 4.25. The molecule has 0 amide bonds. The maximum atomic E-state index is 13.5. The zero-order valence-corrected chi connectivity index (χ0v) is 42.6. The predicted molar refractivity (Wildman–Crippen MR) is 279 cm³/mol. The van der Waals surface area contributed by atoms with Crippen LogP contribution in [0.15, 0.2) is 169 Å². The number of aliphatic hydroxyl groups excluding tert-OH is 1. The highest BCUT2D eigenvalue weighted by Crippen LogP contribution is 2.33. The summed E-state index contributed by atoms with van der Waals surface area (Å²) in [6.45, 7) is 3.60. The molecule has 378 valence electrons. The molecule has 6 aromatic heterocycles. The summed E-state index contributed by atoms with van der Waals surface area (Å²) in [5, 5.41) is 13.9. The summed E-state index contributed by atoms with van der Waals surface area (Å²) in [5.74, 6) is -0.196. The third kappa shape index (κ3) is 10.6. The van der Waals surface area contributed by atoms with Crippen LogP contribution < -0.4 is 30.0 Å². The predicted octanol–water partition coefficient (Wildman–Crippen LogP) is 8.08. The number of rotatable bonds is 13. The van der Waals surface area contributed by atoms with Crippen LogP contribution in [0, 0.1) is 0 Å². The average molecular weight is 1080 g/mol. The fourth-order valence-electron chi connectivity index (χ4n) is 7.97. The van der Waals surface area contributed by atoms with Gasteiger partial charge in [-0.15, -0.1) is 0 Å². The highest BCUT2D eigenvalue weighted by Gasteiger charge is 2.30. The van der Waals surface area contributed by atoms with Gasteiger partial charge in [0.15, 0.2) is 11.2 Å². The second-order valence-electron chi connectivity index (χ2n) is 16.0. The molecule has 2 atom stereocenters. The summed E-state index contributed by atoms with van der Waals surface area (Å²) in [4.78, 5) is 42.6. The second kappa shape index (κ2) is 21.4. The molecule has 0 aliphatic rings. The van der Waals surface area contributed by atoms with E-state index in [1.165, 1.54) is 61.8 Å². The van der Waals surface area contributed by atoms with Crippen LogP contribution in [-0.4, -0.2) is 74.4 Å². The van der Waals surface area contributed by atoms with Crippen LogP contribution in [0.5, 0.6) is 11.5 Å². The second-order valence-corrected chi connectivity index (χ2v) is 21.1. The van der Waals surface area contributed by atoms with Crippen molar-refractivity contribution in [3.05, 3.63) is 178 Å². The number of benzene rings is 5. The summed E-state index contributed by atoms with van der Waals surface area (Å²) >= 11 is 1.86. The molecule has 0 fully saturated rings. The maximum Gasteiger partial charge on any atom is 0.420 e. The van der Waals surface area contributed by atoms with Gasteiger partial charge in [0.25, 0.3) is 20.0 Å². The Morgan fingerprint density at radius 2 is 1.43 bits per heavy atom. The normalized spacial score (nSPS) is 12.4. The third-order valence-corrected chi connectivity index (χ3v) is 16.1. The molecule has 0 aliphatic carbocycles. The van der Waals surface area contributed by atoms with Crippen LogP contribution in [0.2, 0.25) is 0 Å². The van der Waals surface area contributed by atoms with Crippen LogP contribution >= 0.6 is 23.1 Å². The standard InChI is InChI=1S/C20H15N5O4S2.C18H16N4O6S2.C11H11NO/c1-12(15-4-2-3-13-7-8-21-10-16(13)15)25-17-6-5-14(9-18(17)29-20(25)26)31(27,28)24-19-22-11-23-30-19;1-26-12-4-3-11(15(7-12)27-2)9-22(17-19-10-20-29-17)30(24,25)13-5-6-14-16(8-13)28-18(23)21-14;1-8(13)10-4-2-3-9-5-6-12-7-11(9)10/h2-12H,1H3,(H,22,23,24);3-8,10H,9H2,1-2H3,(H,21,23);2-8,13H,1H3/t12-;;8-/m1.0/s1. The molecule has 11 rings (SSSR count). The van der Waals surface area contributed by atoms with E-state index in [-0.39, 0.29) is 43.8 Å². The van der Waals surface area contributed by atoms with Crippen molar-refractivity contribution < 1.29 is 40.3 Å². The Labute approximate surface area is 428 Å². The van der Waals surface area contributed by atoms with Crippen molar-refractivity contribution in [2.45, 2.75) is 42.3 Å². The van der Waals surface area contributed by atoms with Crippen molar-refractivity contribution >= 4 is 97.1 Å². The van der Waals surface area contributed by atoms with Gasteiger partial charge in [-0.05, 0) is 84.3 Å². The molecule has 0 saturated heterocycles. The highest BCUT2D eigenvalue weighted by atomic mass is 32.2. The Morgan fingerprint density at radius 1 is 0.757 bits per heavy atom. The van der Waals surface area contributed by atoms with Crippen LogP contribution in [-0.2, 0) is 26.6 Å². The lowest BCUT2D eigenvalue weighted by molar-refractivity contribution is 0.201. The first kappa shape index (κ1) is 50.6. The minimum Gasteiger partial charge on any atom is -0.497 e. The number of fused-ring (bicyclic) bond motifs is 4. The van der Waals surface area contributed by atoms with Crippen molar-refractivity contribution in [1.82, 2.24) is 38.2 Å². The Bertz CT molecular complexity index is 4110. The number of hydrogen-bond donors (Lipinski definition) is 3. The number of aromatic amines is 1. The number of nitrogens with one attached hydrogen (secondary N) is 2.